The van der Waals surface area contributed by atoms with Crippen molar-refractivity contribution in [2.24, 2.45) is 0 Å². The second-order valence-electron chi connectivity index (χ2n) is 5.63. The van der Waals surface area contributed by atoms with E-state index in [2.05, 4.69) is 25.3 Å². The maximum Gasteiger partial charge on any atom is 0.337 e. The Morgan fingerprint density at radius 2 is 1.74 bits per heavy atom. The Kier molecular flexibility index (Phi) is 5.73. The monoisotopic (exact) mass is 362 g/mol. The summed E-state index contributed by atoms with van der Waals surface area (Å²) in [6.45, 7) is 0.418. The highest BCUT2D eigenvalue weighted by Crippen LogP contribution is 2.14. The van der Waals surface area contributed by atoms with E-state index in [1.54, 1.807) is 30.3 Å². The second-order valence-corrected chi connectivity index (χ2v) is 5.63. The average molecular weight is 362 g/mol. The van der Waals surface area contributed by atoms with Crippen LogP contribution in [0, 0.1) is 0 Å². The summed E-state index contributed by atoms with van der Waals surface area (Å²) in [6.07, 6.45) is 1.51. The number of amides is 1. The SMILES string of the molecule is COC(=O)c1ccc(Nc2nccc(C(=O)NCc3ccccc3)n2)cc1. The molecule has 0 saturated heterocycles. The Balaban J connectivity index is 1.64. The smallest absolute Gasteiger partial charge is 0.337 e. The van der Waals surface area contributed by atoms with Crippen LogP contribution in [0.1, 0.15) is 26.4 Å². The molecular weight excluding hydrogens is 344 g/mol. The van der Waals surface area contributed by atoms with Gasteiger partial charge in [-0.1, -0.05) is 30.3 Å². The number of nitrogens with zero attached hydrogens (tertiary/aromatic N) is 2. The Labute approximate surface area is 156 Å². The molecule has 0 aliphatic carbocycles. The molecule has 3 rings (SSSR count). The summed E-state index contributed by atoms with van der Waals surface area (Å²) in [5.41, 5.74) is 2.39. The van der Waals surface area contributed by atoms with Crippen LogP contribution < -0.4 is 10.6 Å². The summed E-state index contributed by atoms with van der Waals surface area (Å²) < 4.78 is 4.66. The first kappa shape index (κ1) is 18.1. The van der Waals surface area contributed by atoms with E-state index in [1.165, 1.54) is 13.3 Å². The number of carbonyl (C=O) groups is 2. The van der Waals surface area contributed by atoms with Gasteiger partial charge in [-0.2, -0.15) is 0 Å². The predicted octanol–water partition coefficient (Wildman–Crippen LogP) is 2.94. The first-order valence-electron chi connectivity index (χ1n) is 8.26. The van der Waals surface area contributed by atoms with Crippen LogP contribution in [0.3, 0.4) is 0 Å². The van der Waals surface area contributed by atoms with Crippen molar-refractivity contribution in [1.82, 2.24) is 15.3 Å². The number of anilines is 2. The van der Waals surface area contributed by atoms with E-state index in [0.29, 0.717) is 17.8 Å². The van der Waals surface area contributed by atoms with Gasteiger partial charge in [0.05, 0.1) is 12.7 Å². The van der Waals surface area contributed by atoms with Crippen LogP contribution in [-0.4, -0.2) is 29.0 Å². The predicted molar refractivity (Wildman–Crippen MR) is 101 cm³/mol. The third-order valence-electron chi connectivity index (χ3n) is 3.75. The third-order valence-corrected chi connectivity index (χ3v) is 3.75. The van der Waals surface area contributed by atoms with Crippen LogP contribution in [0.4, 0.5) is 11.6 Å². The molecule has 0 atom stereocenters. The number of carbonyl (C=O) groups excluding carboxylic acids is 2. The zero-order valence-corrected chi connectivity index (χ0v) is 14.7. The van der Waals surface area contributed by atoms with Crippen molar-refractivity contribution in [3.63, 3.8) is 0 Å². The van der Waals surface area contributed by atoms with Gasteiger partial charge in [0, 0.05) is 18.4 Å². The van der Waals surface area contributed by atoms with Gasteiger partial charge in [0.1, 0.15) is 5.69 Å². The summed E-state index contributed by atoms with van der Waals surface area (Å²) in [7, 11) is 1.33. The molecular formula is C20H18N4O3. The van der Waals surface area contributed by atoms with Gasteiger partial charge in [-0.05, 0) is 35.9 Å². The number of aromatic nitrogens is 2. The lowest BCUT2D eigenvalue weighted by Gasteiger charge is -2.08. The molecule has 1 heterocycles. The largest absolute Gasteiger partial charge is 0.465 e. The lowest BCUT2D eigenvalue weighted by molar-refractivity contribution is 0.0600. The maximum atomic E-state index is 12.3. The number of ether oxygens (including phenoxy) is 1. The van der Waals surface area contributed by atoms with Crippen LogP contribution in [0.25, 0.3) is 0 Å². The Hall–Kier alpha value is -3.74. The number of benzene rings is 2. The fourth-order valence-electron chi connectivity index (χ4n) is 2.35. The second kappa shape index (κ2) is 8.57. The summed E-state index contributed by atoms with van der Waals surface area (Å²) in [6, 6.07) is 17.8. The quantitative estimate of drug-likeness (QED) is 0.655. The lowest BCUT2D eigenvalue weighted by Crippen LogP contribution is -2.24. The molecule has 27 heavy (non-hydrogen) atoms. The van der Waals surface area contributed by atoms with E-state index >= 15 is 0 Å². The zero-order valence-electron chi connectivity index (χ0n) is 14.7. The Bertz CT molecular complexity index is 927. The molecule has 7 nitrogen and oxygen atoms in total. The Morgan fingerprint density at radius 3 is 2.44 bits per heavy atom. The van der Waals surface area contributed by atoms with Crippen molar-refractivity contribution < 1.29 is 14.3 Å². The van der Waals surface area contributed by atoms with Crippen molar-refractivity contribution in [1.29, 1.82) is 0 Å². The van der Waals surface area contributed by atoms with Crippen LogP contribution in [0.2, 0.25) is 0 Å². The van der Waals surface area contributed by atoms with Gasteiger partial charge >= 0.3 is 5.97 Å². The van der Waals surface area contributed by atoms with Gasteiger partial charge in [-0.3, -0.25) is 4.79 Å². The van der Waals surface area contributed by atoms with Gasteiger partial charge in [-0.25, -0.2) is 14.8 Å². The molecule has 1 amide bonds. The van der Waals surface area contributed by atoms with Crippen molar-refractivity contribution in [3.8, 4) is 0 Å². The molecule has 2 N–H and O–H groups in total. The topological polar surface area (TPSA) is 93.2 Å². The molecule has 0 radical (unpaired) electrons. The Morgan fingerprint density at radius 1 is 1.00 bits per heavy atom. The zero-order chi connectivity index (χ0) is 19.1. The molecule has 0 bridgehead atoms. The summed E-state index contributed by atoms with van der Waals surface area (Å²) in [4.78, 5) is 32.1. The van der Waals surface area contributed by atoms with E-state index in [9.17, 15) is 9.59 Å². The molecule has 0 unspecified atom stereocenters. The number of methoxy groups -OCH3 is 1. The molecule has 3 aromatic rings. The average Bonchev–Trinajstić information content (AvgIpc) is 2.73. The molecule has 7 heteroatoms. The number of hydrogen-bond donors (Lipinski definition) is 2. The molecule has 0 aliphatic rings. The number of hydrogen-bond acceptors (Lipinski definition) is 6. The molecule has 0 spiro atoms. The van der Waals surface area contributed by atoms with E-state index < -0.39 is 5.97 Å². The molecule has 0 saturated carbocycles. The number of nitrogens with one attached hydrogen (secondary N) is 2. The number of rotatable bonds is 6. The molecule has 136 valence electrons. The van der Waals surface area contributed by atoms with Crippen molar-refractivity contribution >= 4 is 23.5 Å². The molecule has 0 fully saturated rings. The van der Waals surface area contributed by atoms with Crippen LogP contribution in [0.15, 0.2) is 66.9 Å². The highest BCUT2D eigenvalue weighted by molar-refractivity contribution is 5.92. The molecule has 2 aromatic carbocycles. The summed E-state index contributed by atoms with van der Waals surface area (Å²) in [5.74, 6) is -0.409. The number of esters is 1. The van der Waals surface area contributed by atoms with Gasteiger partial charge in [0.2, 0.25) is 5.95 Å². The fraction of sp³-hybridized carbons (Fsp3) is 0.100. The minimum atomic E-state index is -0.408. The minimum Gasteiger partial charge on any atom is -0.465 e. The highest BCUT2D eigenvalue weighted by atomic mass is 16.5. The summed E-state index contributed by atoms with van der Waals surface area (Å²) in [5, 5.41) is 5.83. The van der Waals surface area contributed by atoms with Crippen molar-refractivity contribution in [2.45, 2.75) is 6.54 Å². The van der Waals surface area contributed by atoms with Gasteiger partial charge in [0.15, 0.2) is 0 Å². The standard InChI is InChI=1S/C20H18N4O3/c1-27-19(26)15-7-9-16(10-8-15)23-20-21-12-11-17(24-20)18(25)22-13-14-5-3-2-4-6-14/h2-12H,13H2,1H3,(H,22,25)(H,21,23,24). The van der Waals surface area contributed by atoms with E-state index in [4.69, 9.17) is 0 Å². The van der Waals surface area contributed by atoms with E-state index in [0.717, 1.165) is 5.56 Å². The van der Waals surface area contributed by atoms with Crippen molar-refractivity contribution in [2.75, 3.05) is 12.4 Å². The highest BCUT2D eigenvalue weighted by Gasteiger charge is 2.09. The van der Waals surface area contributed by atoms with Gasteiger partial charge in [-0.15, -0.1) is 0 Å². The lowest BCUT2D eigenvalue weighted by atomic mass is 10.2. The summed E-state index contributed by atoms with van der Waals surface area (Å²) >= 11 is 0. The van der Waals surface area contributed by atoms with Gasteiger partial charge in [0.25, 0.3) is 5.91 Å². The maximum absolute atomic E-state index is 12.3. The van der Waals surface area contributed by atoms with Crippen LogP contribution in [0.5, 0.6) is 0 Å². The normalized spacial score (nSPS) is 10.1. The minimum absolute atomic E-state index is 0.259. The van der Waals surface area contributed by atoms with Gasteiger partial charge < -0.3 is 15.4 Å². The molecule has 1 aromatic heterocycles. The van der Waals surface area contributed by atoms with Crippen LogP contribution >= 0.6 is 0 Å². The van der Waals surface area contributed by atoms with E-state index in [1.807, 2.05) is 30.3 Å². The van der Waals surface area contributed by atoms with Crippen LogP contribution in [-0.2, 0) is 11.3 Å². The van der Waals surface area contributed by atoms with E-state index in [-0.39, 0.29) is 17.5 Å². The van der Waals surface area contributed by atoms with Crippen molar-refractivity contribution in [3.05, 3.63) is 83.7 Å². The third kappa shape index (κ3) is 4.88. The molecule has 0 aliphatic heterocycles. The fourth-order valence-corrected chi connectivity index (χ4v) is 2.35. The first-order chi connectivity index (χ1) is 13.2. The first-order valence-corrected chi connectivity index (χ1v) is 8.26.